The lowest BCUT2D eigenvalue weighted by Crippen LogP contribution is -2.63. The number of β-amino-alcohol motifs (C(OH)–C–C–N with tert-alkyl or cyclic N) is 1. The second kappa shape index (κ2) is 4.69. The zero-order chi connectivity index (χ0) is 13.3. The van der Waals surface area contributed by atoms with Crippen molar-refractivity contribution in [1.29, 1.82) is 0 Å². The maximum absolute atomic E-state index is 13.1. The van der Waals surface area contributed by atoms with E-state index in [9.17, 15) is 14.3 Å². The zero-order valence-corrected chi connectivity index (χ0v) is 10.7. The molecule has 0 atom stereocenters. The van der Waals surface area contributed by atoms with Crippen molar-refractivity contribution in [2.75, 3.05) is 13.1 Å². The molecular formula is C14H18FNO2. The lowest BCUT2D eigenvalue weighted by molar-refractivity contribution is -0.0860. The van der Waals surface area contributed by atoms with E-state index in [1.54, 1.807) is 17.9 Å². The highest BCUT2D eigenvalue weighted by atomic mass is 19.1. The van der Waals surface area contributed by atoms with Gasteiger partial charge in [0.1, 0.15) is 5.82 Å². The average Bonchev–Trinajstić information content (AvgIpc) is 2.29. The van der Waals surface area contributed by atoms with E-state index in [-0.39, 0.29) is 11.7 Å². The van der Waals surface area contributed by atoms with Crippen LogP contribution < -0.4 is 0 Å². The van der Waals surface area contributed by atoms with Crippen LogP contribution >= 0.6 is 0 Å². The minimum atomic E-state index is -0.723. The molecule has 1 aliphatic heterocycles. The molecule has 0 aromatic heterocycles. The van der Waals surface area contributed by atoms with Gasteiger partial charge in [-0.15, -0.1) is 0 Å². The molecule has 1 aromatic carbocycles. The van der Waals surface area contributed by atoms with Crippen molar-refractivity contribution in [3.63, 3.8) is 0 Å². The Morgan fingerprint density at radius 1 is 1.50 bits per heavy atom. The molecule has 0 spiro atoms. The summed E-state index contributed by atoms with van der Waals surface area (Å²) in [4.78, 5) is 13.7. The van der Waals surface area contributed by atoms with Crippen LogP contribution in [-0.2, 0) is 0 Å². The van der Waals surface area contributed by atoms with Crippen LogP contribution in [0.15, 0.2) is 18.2 Å². The van der Waals surface area contributed by atoms with Gasteiger partial charge in [-0.3, -0.25) is 4.79 Å². The van der Waals surface area contributed by atoms with Crippen molar-refractivity contribution >= 4 is 5.91 Å². The van der Waals surface area contributed by atoms with Gasteiger partial charge < -0.3 is 10.0 Å². The molecule has 4 heteroatoms. The fraction of sp³-hybridized carbons (Fsp3) is 0.500. The van der Waals surface area contributed by atoms with Crippen molar-refractivity contribution in [2.24, 2.45) is 0 Å². The highest BCUT2D eigenvalue weighted by Gasteiger charge is 2.42. The molecule has 0 saturated carbocycles. The summed E-state index contributed by atoms with van der Waals surface area (Å²) in [5.74, 6) is -0.448. The van der Waals surface area contributed by atoms with Crippen LogP contribution in [0.3, 0.4) is 0 Å². The molecule has 1 aromatic rings. The summed E-state index contributed by atoms with van der Waals surface area (Å²) in [7, 11) is 0. The number of likely N-dealkylation sites (tertiary alicyclic amines) is 1. The summed E-state index contributed by atoms with van der Waals surface area (Å²) < 4.78 is 13.1. The number of hydrogen-bond donors (Lipinski definition) is 1. The van der Waals surface area contributed by atoms with Gasteiger partial charge >= 0.3 is 0 Å². The van der Waals surface area contributed by atoms with Crippen molar-refractivity contribution in [1.82, 2.24) is 4.90 Å². The summed E-state index contributed by atoms with van der Waals surface area (Å²) >= 11 is 0. The largest absolute Gasteiger partial charge is 0.386 e. The van der Waals surface area contributed by atoms with Crippen LogP contribution in [-0.4, -0.2) is 34.6 Å². The topological polar surface area (TPSA) is 40.5 Å². The Labute approximate surface area is 106 Å². The molecule has 98 valence electrons. The molecule has 2 rings (SSSR count). The summed E-state index contributed by atoms with van der Waals surface area (Å²) in [5, 5.41) is 10.0. The molecule has 0 radical (unpaired) electrons. The number of nitrogens with zero attached hydrogens (tertiary/aromatic N) is 1. The van der Waals surface area contributed by atoms with Gasteiger partial charge in [0.2, 0.25) is 0 Å². The van der Waals surface area contributed by atoms with E-state index < -0.39 is 5.60 Å². The van der Waals surface area contributed by atoms with Crippen molar-refractivity contribution in [3.8, 4) is 0 Å². The average molecular weight is 251 g/mol. The molecule has 0 aliphatic carbocycles. The number of aryl methyl sites for hydroxylation is 1. The first-order valence-electron chi connectivity index (χ1n) is 6.23. The molecule has 3 nitrogen and oxygen atoms in total. The minimum absolute atomic E-state index is 0.140. The monoisotopic (exact) mass is 251 g/mol. The van der Waals surface area contributed by atoms with Gasteiger partial charge in [0, 0.05) is 5.56 Å². The predicted molar refractivity (Wildman–Crippen MR) is 66.9 cm³/mol. The zero-order valence-electron chi connectivity index (χ0n) is 10.7. The van der Waals surface area contributed by atoms with Gasteiger partial charge in [0.15, 0.2) is 0 Å². The minimum Gasteiger partial charge on any atom is -0.386 e. The summed E-state index contributed by atoms with van der Waals surface area (Å²) in [6.07, 6.45) is 1.60. The van der Waals surface area contributed by atoms with Crippen LogP contribution in [0, 0.1) is 12.7 Å². The molecule has 0 bridgehead atoms. The smallest absolute Gasteiger partial charge is 0.254 e. The van der Waals surface area contributed by atoms with Crippen molar-refractivity contribution < 1.29 is 14.3 Å². The number of aliphatic hydroxyl groups is 1. The Hall–Kier alpha value is -1.42. The van der Waals surface area contributed by atoms with Gasteiger partial charge in [-0.05, 0) is 37.1 Å². The van der Waals surface area contributed by atoms with Gasteiger partial charge in [0.05, 0.1) is 18.7 Å². The van der Waals surface area contributed by atoms with E-state index in [1.807, 2.05) is 6.92 Å². The van der Waals surface area contributed by atoms with E-state index in [0.29, 0.717) is 30.6 Å². The van der Waals surface area contributed by atoms with Gasteiger partial charge in [0.25, 0.3) is 5.91 Å². The van der Waals surface area contributed by atoms with Crippen LogP contribution in [0.1, 0.15) is 35.7 Å². The van der Waals surface area contributed by atoms with Crippen molar-refractivity contribution in [2.45, 2.75) is 32.3 Å². The number of carbonyl (C=O) groups is 1. The fourth-order valence-electron chi connectivity index (χ4n) is 2.39. The summed E-state index contributed by atoms with van der Waals surface area (Å²) in [6, 6.07) is 4.34. The lowest BCUT2D eigenvalue weighted by atomic mass is 9.88. The standard InChI is InChI=1S/C14H18FNO2/c1-3-6-14(18)8-16(9-14)13(17)11-4-5-12(15)10(2)7-11/h4-5,7,18H,3,6,8-9H2,1-2H3. The van der Waals surface area contributed by atoms with Crippen molar-refractivity contribution in [3.05, 3.63) is 35.1 Å². The second-order valence-corrected chi connectivity index (χ2v) is 5.10. The lowest BCUT2D eigenvalue weighted by Gasteiger charge is -2.46. The van der Waals surface area contributed by atoms with Gasteiger partial charge in [-0.1, -0.05) is 13.3 Å². The highest BCUT2D eigenvalue weighted by molar-refractivity contribution is 5.95. The maximum Gasteiger partial charge on any atom is 0.254 e. The molecule has 0 unspecified atom stereocenters. The van der Waals surface area contributed by atoms with Gasteiger partial charge in [-0.25, -0.2) is 4.39 Å². The van der Waals surface area contributed by atoms with Crippen LogP contribution in [0.5, 0.6) is 0 Å². The molecule has 1 heterocycles. The first kappa shape index (κ1) is 13.0. The summed E-state index contributed by atoms with van der Waals surface area (Å²) in [6.45, 7) is 4.38. The second-order valence-electron chi connectivity index (χ2n) is 5.10. The molecule has 18 heavy (non-hydrogen) atoms. The first-order chi connectivity index (χ1) is 8.45. The normalized spacial score (nSPS) is 17.4. The molecule has 1 aliphatic rings. The number of amides is 1. The molecule has 1 saturated heterocycles. The first-order valence-corrected chi connectivity index (χ1v) is 6.23. The molecular weight excluding hydrogens is 233 g/mol. The Morgan fingerprint density at radius 3 is 2.72 bits per heavy atom. The van der Waals surface area contributed by atoms with E-state index in [2.05, 4.69) is 0 Å². The number of benzene rings is 1. The quantitative estimate of drug-likeness (QED) is 0.894. The van der Waals surface area contributed by atoms with E-state index in [1.165, 1.54) is 12.1 Å². The number of carbonyl (C=O) groups excluding carboxylic acids is 1. The Morgan fingerprint density at radius 2 is 2.17 bits per heavy atom. The third-order valence-electron chi connectivity index (χ3n) is 3.38. The number of hydrogen-bond acceptors (Lipinski definition) is 2. The van der Waals surface area contributed by atoms with Gasteiger partial charge in [-0.2, -0.15) is 0 Å². The Kier molecular flexibility index (Phi) is 3.39. The predicted octanol–water partition coefficient (Wildman–Crippen LogP) is 2.12. The molecule has 1 fully saturated rings. The number of halogens is 1. The highest BCUT2D eigenvalue weighted by Crippen LogP contribution is 2.27. The van der Waals surface area contributed by atoms with Crippen LogP contribution in [0.2, 0.25) is 0 Å². The van der Waals surface area contributed by atoms with Crippen LogP contribution in [0.25, 0.3) is 0 Å². The SMILES string of the molecule is CCCC1(O)CN(C(=O)c2ccc(F)c(C)c2)C1. The Balaban J connectivity index is 2.03. The van der Waals surface area contributed by atoms with E-state index in [0.717, 1.165) is 6.42 Å². The van der Waals surface area contributed by atoms with E-state index >= 15 is 0 Å². The fourth-order valence-corrected chi connectivity index (χ4v) is 2.39. The third kappa shape index (κ3) is 2.38. The maximum atomic E-state index is 13.1. The number of rotatable bonds is 3. The summed E-state index contributed by atoms with van der Waals surface area (Å²) in [5.41, 5.74) is 0.220. The molecule has 1 N–H and O–H groups in total. The Bertz CT molecular complexity index is 467. The third-order valence-corrected chi connectivity index (χ3v) is 3.38. The van der Waals surface area contributed by atoms with Crippen LogP contribution in [0.4, 0.5) is 4.39 Å². The van der Waals surface area contributed by atoms with E-state index in [4.69, 9.17) is 0 Å². The molecule has 1 amide bonds.